The van der Waals surface area contributed by atoms with Gasteiger partial charge in [0.2, 0.25) is 0 Å². The minimum atomic E-state index is -1.35. The lowest BCUT2D eigenvalue weighted by molar-refractivity contribution is -0.154. The van der Waals surface area contributed by atoms with Crippen molar-refractivity contribution in [2.75, 3.05) is 18.6 Å². The molecule has 0 bridgehead atoms. The summed E-state index contributed by atoms with van der Waals surface area (Å²) in [6.07, 6.45) is -1.35. The Labute approximate surface area is 183 Å². The van der Waals surface area contributed by atoms with Crippen LogP contribution in [0, 0.1) is 6.92 Å². The number of carbonyl (C=O) groups excluding carboxylic acids is 1. The average Bonchev–Trinajstić information content (AvgIpc) is 2.81. The molecule has 0 aromatic heterocycles. The molecule has 162 valence electrons. The van der Waals surface area contributed by atoms with Crippen LogP contribution in [0.1, 0.15) is 29.7 Å². The highest BCUT2D eigenvalue weighted by Crippen LogP contribution is 2.33. The number of carbonyl (C=O) groups is 1. The largest absolute Gasteiger partial charge is 0.497 e. The lowest BCUT2D eigenvalue weighted by Crippen LogP contribution is -2.41. The van der Waals surface area contributed by atoms with Gasteiger partial charge in [-0.1, -0.05) is 60.2 Å². The second-order valence-corrected chi connectivity index (χ2v) is 7.36. The molecule has 2 atom stereocenters. The molecule has 0 heterocycles. The normalized spacial score (nSPS) is 12.6. The van der Waals surface area contributed by atoms with E-state index in [-0.39, 0.29) is 6.61 Å². The highest BCUT2D eigenvalue weighted by molar-refractivity contribution is 5.76. The summed E-state index contributed by atoms with van der Waals surface area (Å²) in [5.41, 5.74) is 3.92. The Morgan fingerprint density at radius 1 is 0.968 bits per heavy atom. The highest BCUT2D eigenvalue weighted by Gasteiger charge is 2.34. The standard InChI is InChI=1S/C26H29NO4/c1-4-31-26(29)25(28)24(21-8-6-5-7-9-21)27(18-20-12-10-19(2)11-13-20)22-14-16-23(30-3)17-15-22/h5-17,24-25,28H,4,18H2,1-3H3/t24-,25+/m1/s1. The van der Waals surface area contributed by atoms with Gasteiger partial charge in [-0.05, 0) is 49.2 Å². The Bertz CT molecular complexity index is 955. The van der Waals surface area contributed by atoms with Gasteiger partial charge in [-0.25, -0.2) is 4.79 Å². The monoisotopic (exact) mass is 419 g/mol. The second kappa shape index (κ2) is 10.6. The average molecular weight is 420 g/mol. The summed E-state index contributed by atoms with van der Waals surface area (Å²) in [6, 6.07) is 24.8. The molecule has 0 spiro atoms. The van der Waals surface area contributed by atoms with E-state index in [9.17, 15) is 9.90 Å². The van der Waals surface area contributed by atoms with Crippen LogP contribution in [-0.2, 0) is 16.1 Å². The van der Waals surface area contributed by atoms with Gasteiger partial charge in [-0.3, -0.25) is 0 Å². The van der Waals surface area contributed by atoms with Gasteiger partial charge in [0.1, 0.15) is 5.75 Å². The summed E-state index contributed by atoms with van der Waals surface area (Å²) in [6.45, 7) is 4.48. The summed E-state index contributed by atoms with van der Waals surface area (Å²) in [5.74, 6) is 0.0972. The van der Waals surface area contributed by atoms with Crippen LogP contribution in [0.4, 0.5) is 5.69 Å². The van der Waals surface area contributed by atoms with E-state index in [1.807, 2.05) is 66.4 Å². The maximum atomic E-state index is 12.6. The Balaban J connectivity index is 2.08. The summed E-state index contributed by atoms with van der Waals surface area (Å²) in [5, 5.41) is 11.1. The van der Waals surface area contributed by atoms with E-state index in [2.05, 4.69) is 24.3 Å². The number of esters is 1. The number of aliphatic hydroxyl groups excluding tert-OH is 1. The molecule has 31 heavy (non-hydrogen) atoms. The number of hydrogen-bond acceptors (Lipinski definition) is 5. The second-order valence-electron chi connectivity index (χ2n) is 7.36. The van der Waals surface area contributed by atoms with Gasteiger partial charge in [0, 0.05) is 12.2 Å². The molecule has 5 nitrogen and oxygen atoms in total. The van der Waals surface area contributed by atoms with Crippen LogP contribution in [0.5, 0.6) is 5.75 Å². The SMILES string of the molecule is CCOC(=O)[C@@H](O)[C@@H](c1ccccc1)N(Cc1ccc(C)cc1)c1ccc(OC)cc1. The molecule has 3 aromatic rings. The van der Waals surface area contributed by atoms with Crippen molar-refractivity contribution < 1.29 is 19.4 Å². The fourth-order valence-electron chi connectivity index (χ4n) is 3.55. The zero-order chi connectivity index (χ0) is 22.2. The number of nitrogens with zero attached hydrogens (tertiary/aromatic N) is 1. The third-order valence-corrected chi connectivity index (χ3v) is 5.18. The summed E-state index contributed by atoms with van der Waals surface area (Å²) in [7, 11) is 1.62. The molecule has 0 aliphatic heterocycles. The summed E-state index contributed by atoms with van der Waals surface area (Å²) in [4.78, 5) is 14.6. The maximum Gasteiger partial charge on any atom is 0.337 e. The molecule has 5 heteroatoms. The lowest BCUT2D eigenvalue weighted by Gasteiger charge is -2.36. The van der Waals surface area contributed by atoms with Crippen molar-refractivity contribution in [1.82, 2.24) is 0 Å². The third kappa shape index (κ3) is 5.64. The molecule has 0 saturated carbocycles. The van der Waals surface area contributed by atoms with Crippen LogP contribution in [0.15, 0.2) is 78.9 Å². The molecule has 0 radical (unpaired) electrons. The number of methoxy groups -OCH3 is 1. The van der Waals surface area contributed by atoms with Crippen LogP contribution in [0.2, 0.25) is 0 Å². The fraction of sp³-hybridized carbons (Fsp3) is 0.269. The Morgan fingerprint density at radius 3 is 2.19 bits per heavy atom. The van der Waals surface area contributed by atoms with E-state index in [0.717, 1.165) is 22.6 Å². The number of benzene rings is 3. The summed E-state index contributed by atoms with van der Waals surface area (Å²) >= 11 is 0. The molecule has 3 aromatic carbocycles. The molecule has 0 aliphatic carbocycles. The molecule has 0 saturated heterocycles. The Kier molecular flexibility index (Phi) is 7.68. The number of hydrogen-bond donors (Lipinski definition) is 1. The fourth-order valence-corrected chi connectivity index (χ4v) is 3.55. The van der Waals surface area contributed by atoms with Crippen LogP contribution in [-0.4, -0.2) is 30.9 Å². The van der Waals surface area contributed by atoms with Gasteiger partial charge >= 0.3 is 5.97 Å². The van der Waals surface area contributed by atoms with Crippen molar-refractivity contribution in [3.05, 3.63) is 95.6 Å². The molecular weight excluding hydrogens is 390 g/mol. The smallest absolute Gasteiger partial charge is 0.337 e. The number of rotatable bonds is 9. The van der Waals surface area contributed by atoms with E-state index >= 15 is 0 Å². The zero-order valence-electron chi connectivity index (χ0n) is 18.2. The molecule has 0 aliphatic rings. The molecule has 3 rings (SSSR count). The van der Waals surface area contributed by atoms with Crippen molar-refractivity contribution in [3.63, 3.8) is 0 Å². The van der Waals surface area contributed by atoms with Crippen molar-refractivity contribution in [2.24, 2.45) is 0 Å². The van der Waals surface area contributed by atoms with Crippen molar-refractivity contribution in [3.8, 4) is 5.75 Å². The maximum absolute atomic E-state index is 12.6. The van der Waals surface area contributed by atoms with Gasteiger partial charge in [-0.15, -0.1) is 0 Å². The van der Waals surface area contributed by atoms with Crippen molar-refractivity contribution in [2.45, 2.75) is 32.5 Å². The predicted molar refractivity (Wildman–Crippen MR) is 122 cm³/mol. The van der Waals surface area contributed by atoms with Gasteiger partial charge in [0.15, 0.2) is 6.10 Å². The minimum absolute atomic E-state index is 0.206. The van der Waals surface area contributed by atoms with Gasteiger partial charge in [0.05, 0.1) is 19.8 Å². The first kappa shape index (κ1) is 22.4. The summed E-state index contributed by atoms with van der Waals surface area (Å²) < 4.78 is 10.5. The number of aliphatic hydroxyl groups is 1. The molecule has 0 amide bonds. The van der Waals surface area contributed by atoms with Gasteiger partial charge in [0.25, 0.3) is 0 Å². The first-order valence-electron chi connectivity index (χ1n) is 10.4. The van der Waals surface area contributed by atoms with E-state index < -0.39 is 18.1 Å². The highest BCUT2D eigenvalue weighted by atomic mass is 16.5. The van der Waals surface area contributed by atoms with E-state index in [1.54, 1.807) is 14.0 Å². The zero-order valence-corrected chi connectivity index (χ0v) is 18.2. The van der Waals surface area contributed by atoms with Crippen molar-refractivity contribution in [1.29, 1.82) is 0 Å². The van der Waals surface area contributed by atoms with Crippen LogP contribution in [0.25, 0.3) is 0 Å². The molecular formula is C26H29NO4. The topological polar surface area (TPSA) is 59.0 Å². The first-order valence-corrected chi connectivity index (χ1v) is 10.4. The quantitative estimate of drug-likeness (QED) is 0.511. The Hall–Kier alpha value is -3.31. The van der Waals surface area contributed by atoms with Crippen LogP contribution in [0.3, 0.4) is 0 Å². The lowest BCUT2D eigenvalue weighted by atomic mass is 9.97. The van der Waals surface area contributed by atoms with E-state index in [1.165, 1.54) is 5.56 Å². The van der Waals surface area contributed by atoms with Gasteiger partial charge in [-0.2, -0.15) is 0 Å². The van der Waals surface area contributed by atoms with Crippen LogP contribution >= 0.6 is 0 Å². The van der Waals surface area contributed by atoms with E-state index in [4.69, 9.17) is 9.47 Å². The first-order chi connectivity index (χ1) is 15.0. The number of aryl methyl sites for hydroxylation is 1. The van der Waals surface area contributed by atoms with Crippen LogP contribution < -0.4 is 9.64 Å². The number of anilines is 1. The van der Waals surface area contributed by atoms with Crippen molar-refractivity contribution >= 4 is 11.7 Å². The predicted octanol–water partition coefficient (Wildman–Crippen LogP) is 4.68. The third-order valence-electron chi connectivity index (χ3n) is 5.18. The minimum Gasteiger partial charge on any atom is -0.497 e. The molecule has 1 N–H and O–H groups in total. The molecule has 0 fully saturated rings. The van der Waals surface area contributed by atoms with Gasteiger partial charge < -0.3 is 19.5 Å². The molecule has 0 unspecified atom stereocenters. The Morgan fingerprint density at radius 2 is 1.61 bits per heavy atom. The number of ether oxygens (including phenoxy) is 2. The van der Waals surface area contributed by atoms with E-state index in [0.29, 0.717) is 6.54 Å².